The van der Waals surface area contributed by atoms with E-state index >= 15 is 0 Å². The lowest BCUT2D eigenvalue weighted by atomic mass is 9.90. The highest BCUT2D eigenvalue weighted by atomic mass is 15.1. The molecule has 0 fully saturated rings. The van der Waals surface area contributed by atoms with Crippen molar-refractivity contribution in [3.8, 4) is 27.9 Å². The number of fused-ring (bicyclic) bond motifs is 3. The normalized spacial score (nSPS) is 12.7. The lowest BCUT2D eigenvalue weighted by Gasteiger charge is -2.26. The van der Waals surface area contributed by atoms with Crippen LogP contribution in [0, 0.1) is 6.92 Å². The molecule has 0 bridgehead atoms. The van der Waals surface area contributed by atoms with Gasteiger partial charge < -0.3 is 15.2 Å². The standard InChI is InChI=1S/C68H58N4/c1-5-6-24-53(55-38-40-68-63(44-55)60-33-19-20-34-67(60)72(68)58-30-17-10-18-31-58)41-49(3)62-43-54(51-25-13-8-14-26-51)37-39-66(62)71(4)59-32-21-29-56(42-59)61-45-57(36-35-48(61)2)65(70-47-50-22-11-7-12-23-50)46-64(69)52-27-15-9-16-28-52/h5-46,49H,1,47,69H2,2-4H3/b24-6-,53-41+,64-46-,70-65?. The molecule has 0 aliphatic carbocycles. The number of aryl methyl sites for hydroxylation is 1. The largest absolute Gasteiger partial charge is 0.398 e. The molecule has 1 aromatic heterocycles. The van der Waals surface area contributed by atoms with Crippen molar-refractivity contribution in [1.29, 1.82) is 0 Å². The van der Waals surface area contributed by atoms with Crippen LogP contribution >= 0.6 is 0 Å². The molecule has 9 aromatic carbocycles. The molecule has 2 N–H and O–H groups in total. The van der Waals surface area contributed by atoms with Gasteiger partial charge in [-0.25, -0.2) is 0 Å². The number of benzene rings is 9. The number of nitrogens with zero attached hydrogens (tertiary/aromatic N) is 3. The average molecular weight is 931 g/mol. The minimum Gasteiger partial charge on any atom is -0.398 e. The fourth-order valence-corrected chi connectivity index (χ4v) is 9.78. The summed E-state index contributed by atoms with van der Waals surface area (Å²) >= 11 is 0. The molecule has 0 radical (unpaired) electrons. The molecular weight excluding hydrogens is 873 g/mol. The van der Waals surface area contributed by atoms with Crippen molar-refractivity contribution in [1.82, 2.24) is 4.57 Å². The van der Waals surface area contributed by atoms with Gasteiger partial charge in [-0.2, -0.15) is 0 Å². The maximum atomic E-state index is 6.76. The second-order valence-corrected chi connectivity index (χ2v) is 18.4. The lowest BCUT2D eigenvalue weighted by Crippen LogP contribution is -2.13. The quantitative estimate of drug-likeness (QED) is 0.0822. The second kappa shape index (κ2) is 21.3. The molecule has 350 valence electrons. The average Bonchev–Trinajstić information content (AvgIpc) is 3.77. The van der Waals surface area contributed by atoms with Crippen LogP contribution in [-0.2, 0) is 6.54 Å². The molecule has 0 saturated heterocycles. The van der Waals surface area contributed by atoms with Gasteiger partial charge in [-0.05, 0) is 129 Å². The molecule has 1 atom stereocenters. The number of hydrogen-bond acceptors (Lipinski definition) is 3. The van der Waals surface area contributed by atoms with Gasteiger partial charge >= 0.3 is 0 Å². The summed E-state index contributed by atoms with van der Waals surface area (Å²) < 4.78 is 2.36. The Kier molecular flexibility index (Phi) is 13.8. The first kappa shape index (κ1) is 46.7. The van der Waals surface area contributed by atoms with Crippen LogP contribution in [0.3, 0.4) is 0 Å². The number of allylic oxidation sites excluding steroid dienone is 6. The first-order chi connectivity index (χ1) is 35.3. The molecule has 4 heteroatoms. The highest BCUT2D eigenvalue weighted by Gasteiger charge is 2.19. The van der Waals surface area contributed by atoms with E-state index in [2.05, 4.69) is 237 Å². The van der Waals surface area contributed by atoms with Crippen LogP contribution in [0.4, 0.5) is 11.4 Å². The lowest BCUT2D eigenvalue weighted by molar-refractivity contribution is 0.959. The van der Waals surface area contributed by atoms with Crippen LogP contribution in [0.1, 0.15) is 46.2 Å². The fourth-order valence-electron chi connectivity index (χ4n) is 9.78. The Bertz CT molecular complexity index is 3650. The van der Waals surface area contributed by atoms with Crippen LogP contribution in [0.5, 0.6) is 0 Å². The SMILES string of the molecule is C=C/C=C\C(=C/C(C)c1cc(-c2ccccc2)ccc1N(C)c1cccc(-c2cc(C(/C=C(\N)c3ccccc3)=NCc3ccccc3)ccc2C)c1)c1ccc2c(c1)c1ccccc1n2-c1ccccc1. The topological polar surface area (TPSA) is 46.5 Å². The highest BCUT2D eigenvalue weighted by Crippen LogP contribution is 2.40. The first-order valence-corrected chi connectivity index (χ1v) is 24.7. The Balaban J connectivity index is 1.04. The highest BCUT2D eigenvalue weighted by molar-refractivity contribution is 6.13. The van der Waals surface area contributed by atoms with Crippen LogP contribution in [0.15, 0.2) is 266 Å². The summed E-state index contributed by atoms with van der Waals surface area (Å²) in [6.45, 7) is 9.09. The van der Waals surface area contributed by atoms with E-state index in [1.54, 1.807) is 0 Å². The van der Waals surface area contributed by atoms with E-state index in [1.807, 2.05) is 54.6 Å². The molecule has 10 aromatic rings. The third-order valence-corrected chi connectivity index (χ3v) is 13.6. The van der Waals surface area contributed by atoms with E-state index in [4.69, 9.17) is 10.7 Å². The Morgan fingerprint density at radius 1 is 0.611 bits per heavy atom. The van der Waals surface area contributed by atoms with E-state index in [9.17, 15) is 0 Å². The van der Waals surface area contributed by atoms with Crippen LogP contribution in [0.25, 0.3) is 61.0 Å². The van der Waals surface area contributed by atoms with Gasteiger partial charge in [0.1, 0.15) is 0 Å². The molecule has 4 nitrogen and oxygen atoms in total. The van der Waals surface area contributed by atoms with Gasteiger partial charge in [-0.3, -0.25) is 4.99 Å². The zero-order chi connectivity index (χ0) is 49.4. The summed E-state index contributed by atoms with van der Waals surface area (Å²) in [7, 11) is 2.18. The van der Waals surface area contributed by atoms with E-state index in [-0.39, 0.29) is 5.92 Å². The second-order valence-electron chi connectivity index (χ2n) is 18.4. The number of nitrogens with two attached hydrogens (primary N) is 1. The van der Waals surface area contributed by atoms with E-state index in [1.165, 1.54) is 44.1 Å². The van der Waals surface area contributed by atoms with Crippen molar-refractivity contribution in [3.63, 3.8) is 0 Å². The molecule has 0 spiro atoms. The number of hydrogen-bond donors (Lipinski definition) is 1. The Morgan fingerprint density at radius 3 is 2.04 bits per heavy atom. The molecule has 0 aliphatic heterocycles. The molecule has 0 aliphatic rings. The first-order valence-electron chi connectivity index (χ1n) is 24.7. The minimum absolute atomic E-state index is 0.0176. The van der Waals surface area contributed by atoms with Gasteiger partial charge in [0.25, 0.3) is 0 Å². The van der Waals surface area contributed by atoms with Crippen molar-refractivity contribution in [3.05, 3.63) is 295 Å². The number of aromatic nitrogens is 1. The summed E-state index contributed by atoms with van der Waals surface area (Å²) in [5.74, 6) is 0.0176. The predicted molar refractivity (Wildman–Crippen MR) is 308 cm³/mol. The maximum Gasteiger partial charge on any atom is 0.0671 e. The number of para-hydroxylation sites is 2. The summed E-state index contributed by atoms with van der Waals surface area (Å²) in [6.07, 6.45) is 10.5. The number of aliphatic imine (C=N–C) groups is 1. The molecule has 1 heterocycles. The van der Waals surface area contributed by atoms with Crippen molar-refractivity contribution < 1.29 is 0 Å². The van der Waals surface area contributed by atoms with Gasteiger partial charge in [0, 0.05) is 52.1 Å². The Morgan fingerprint density at radius 2 is 1.28 bits per heavy atom. The third-order valence-electron chi connectivity index (χ3n) is 13.6. The molecule has 1 unspecified atom stereocenters. The fraction of sp³-hybridized carbons (Fsp3) is 0.0735. The molecule has 0 amide bonds. The zero-order valence-electron chi connectivity index (χ0n) is 41.2. The molecule has 10 rings (SSSR count). The molecular formula is C68H58N4. The predicted octanol–water partition coefficient (Wildman–Crippen LogP) is 17.1. The number of rotatable bonds is 15. The zero-order valence-corrected chi connectivity index (χ0v) is 41.2. The van der Waals surface area contributed by atoms with Crippen molar-refractivity contribution in [2.24, 2.45) is 10.7 Å². The van der Waals surface area contributed by atoms with E-state index in [0.717, 1.165) is 61.7 Å². The minimum atomic E-state index is 0.0176. The maximum absolute atomic E-state index is 6.76. The molecule has 72 heavy (non-hydrogen) atoms. The smallest absolute Gasteiger partial charge is 0.0671 e. The Labute approximate surface area is 424 Å². The van der Waals surface area contributed by atoms with Gasteiger partial charge in [0.15, 0.2) is 0 Å². The van der Waals surface area contributed by atoms with Gasteiger partial charge in [0.05, 0.1) is 23.3 Å². The van der Waals surface area contributed by atoms with Crippen LogP contribution in [-0.4, -0.2) is 17.3 Å². The van der Waals surface area contributed by atoms with Gasteiger partial charge in [0.2, 0.25) is 0 Å². The monoisotopic (exact) mass is 930 g/mol. The van der Waals surface area contributed by atoms with Crippen molar-refractivity contribution >= 4 is 50.2 Å². The summed E-state index contributed by atoms with van der Waals surface area (Å²) in [5, 5.41) is 2.44. The van der Waals surface area contributed by atoms with Crippen molar-refractivity contribution in [2.45, 2.75) is 26.3 Å². The summed E-state index contributed by atoms with van der Waals surface area (Å²) in [5.41, 5.74) is 26.4. The van der Waals surface area contributed by atoms with Crippen LogP contribution in [0.2, 0.25) is 0 Å². The van der Waals surface area contributed by atoms with Gasteiger partial charge in [-0.1, -0.05) is 202 Å². The van der Waals surface area contributed by atoms with Crippen LogP contribution < -0.4 is 10.6 Å². The van der Waals surface area contributed by atoms with E-state index < -0.39 is 0 Å². The molecule has 0 saturated carbocycles. The van der Waals surface area contributed by atoms with Gasteiger partial charge in [-0.15, -0.1) is 0 Å². The summed E-state index contributed by atoms with van der Waals surface area (Å²) in [6, 6.07) is 79.7. The van der Waals surface area contributed by atoms with E-state index in [0.29, 0.717) is 12.2 Å². The number of anilines is 2. The third kappa shape index (κ3) is 10.0. The summed E-state index contributed by atoms with van der Waals surface area (Å²) in [4.78, 5) is 7.50. The van der Waals surface area contributed by atoms with Crippen molar-refractivity contribution in [2.75, 3.05) is 11.9 Å². The Hall–Kier alpha value is -8.99.